The molecule has 0 atom stereocenters. The number of amides is 1. The van der Waals surface area contributed by atoms with Gasteiger partial charge in [-0.1, -0.05) is 36.9 Å². The van der Waals surface area contributed by atoms with E-state index in [-0.39, 0.29) is 18.0 Å². The van der Waals surface area contributed by atoms with Crippen molar-refractivity contribution in [2.45, 2.75) is 25.8 Å². The number of amidine groups is 1. The number of aromatic nitrogens is 2. The van der Waals surface area contributed by atoms with Gasteiger partial charge in [0.15, 0.2) is 0 Å². The number of hydrogen-bond donors (Lipinski definition) is 1. The van der Waals surface area contributed by atoms with E-state index in [9.17, 15) is 13.6 Å². The van der Waals surface area contributed by atoms with Crippen LogP contribution < -0.4 is 10.2 Å². The lowest BCUT2D eigenvalue weighted by molar-refractivity contribution is -0.119. The molecule has 200 valence electrons. The summed E-state index contributed by atoms with van der Waals surface area (Å²) in [7, 11) is 5.52. The molecular weight excluding hydrogens is 486 g/mol. The molecule has 0 unspecified atom stereocenters. The number of aliphatic imine (C=N–C) groups is 1. The quantitative estimate of drug-likeness (QED) is 0.330. The second kappa shape index (κ2) is 12.1. The molecule has 0 spiro atoms. The standard InChI is InChI=1S/C29H34F2N6O/c1-5-20-9-6-7-11-23(20)29(33-18-27(38)32-2)37-12-8-10-21-15-24(25(28(30)31)16-26(21)37)22-17-34-36(19-22)14-13-35(3)4/h5-7,9,11,15-17,19,28H,1,8,10,12-14,18H2,2-4H3,(H,32,38)/b33-29+. The molecule has 0 saturated carbocycles. The van der Waals surface area contributed by atoms with Gasteiger partial charge in [-0.25, -0.2) is 8.78 Å². The normalized spacial score (nSPS) is 13.7. The van der Waals surface area contributed by atoms with Crippen molar-refractivity contribution in [2.24, 2.45) is 4.99 Å². The number of halogens is 2. The van der Waals surface area contributed by atoms with E-state index in [0.717, 1.165) is 36.1 Å². The van der Waals surface area contributed by atoms with E-state index in [0.29, 0.717) is 35.7 Å². The highest BCUT2D eigenvalue weighted by Crippen LogP contribution is 2.39. The molecule has 7 nitrogen and oxygen atoms in total. The first kappa shape index (κ1) is 27.2. The van der Waals surface area contributed by atoms with E-state index in [1.54, 1.807) is 30.1 Å². The van der Waals surface area contributed by atoms with Crippen molar-refractivity contribution in [3.05, 3.63) is 77.6 Å². The number of carbonyl (C=O) groups is 1. The zero-order valence-corrected chi connectivity index (χ0v) is 22.1. The van der Waals surface area contributed by atoms with Crippen LogP contribution in [0.25, 0.3) is 17.2 Å². The highest BCUT2D eigenvalue weighted by Gasteiger charge is 2.27. The van der Waals surface area contributed by atoms with Gasteiger partial charge in [0.1, 0.15) is 12.4 Å². The van der Waals surface area contributed by atoms with E-state index in [1.807, 2.05) is 60.4 Å². The van der Waals surface area contributed by atoms with Crippen LogP contribution in [0.5, 0.6) is 0 Å². The zero-order chi connectivity index (χ0) is 27.2. The first-order chi connectivity index (χ1) is 18.3. The van der Waals surface area contributed by atoms with Gasteiger partial charge in [0.2, 0.25) is 5.91 Å². The molecule has 1 aliphatic rings. The molecule has 38 heavy (non-hydrogen) atoms. The average molecular weight is 521 g/mol. The Morgan fingerprint density at radius 1 is 1.29 bits per heavy atom. The van der Waals surface area contributed by atoms with Crippen LogP contribution >= 0.6 is 0 Å². The summed E-state index contributed by atoms with van der Waals surface area (Å²) in [6.07, 6.45) is 4.11. The molecule has 0 radical (unpaired) electrons. The molecule has 1 N–H and O–H groups in total. The fourth-order valence-corrected chi connectivity index (χ4v) is 4.65. The number of fused-ring (bicyclic) bond motifs is 1. The fourth-order valence-electron chi connectivity index (χ4n) is 4.65. The Morgan fingerprint density at radius 3 is 2.79 bits per heavy atom. The highest BCUT2D eigenvalue weighted by molar-refractivity contribution is 6.13. The number of carbonyl (C=O) groups excluding carboxylic acids is 1. The van der Waals surface area contributed by atoms with Gasteiger partial charge >= 0.3 is 0 Å². The molecule has 3 aromatic rings. The van der Waals surface area contributed by atoms with Crippen LogP contribution in [-0.4, -0.2) is 67.2 Å². The third-order valence-corrected chi connectivity index (χ3v) is 6.65. The molecule has 9 heteroatoms. The van der Waals surface area contributed by atoms with E-state index in [2.05, 4.69) is 22.0 Å². The molecule has 1 aromatic heterocycles. The van der Waals surface area contributed by atoms with E-state index < -0.39 is 6.43 Å². The van der Waals surface area contributed by atoms with Crippen molar-refractivity contribution in [1.29, 1.82) is 0 Å². The number of benzene rings is 2. The second-order valence-electron chi connectivity index (χ2n) is 9.52. The van der Waals surface area contributed by atoms with Gasteiger partial charge < -0.3 is 15.1 Å². The summed E-state index contributed by atoms with van der Waals surface area (Å²) in [5, 5.41) is 6.99. The third-order valence-electron chi connectivity index (χ3n) is 6.65. The largest absolute Gasteiger partial charge is 0.358 e. The molecule has 2 aromatic carbocycles. The van der Waals surface area contributed by atoms with Gasteiger partial charge in [-0.3, -0.25) is 14.5 Å². The number of aryl methyl sites for hydroxylation is 1. The number of nitrogens with one attached hydrogen (secondary N) is 1. The van der Waals surface area contributed by atoms with Crippen LogP contribution in [0.3, 0.4) is 0 Å². The molecule has 1 aliphatic heterocycles. The monoisotopic (exact) mass is 520 g/mol. The number of hydrogen-bond acceptors (Lipinski definition) is 4. The van der Waals surface area contributed by atoms with Gasteiger partial charge in [0.05, 0.1) is 12.7 Å². The number of rotatable bonds is 9. The molecule has 2 heterocycles. The topological polar surface area (TPSA) is 65.8 Å². The summed E-state index contributed by atoms with van der Waals surface area (Å²) in [5.41, 5.74) is 4.41. The van der Waals surface area contributed by atoms with Crippen molar-refractivity contribution < 1.29 is 13.6 Å². The maximum absolute atomic E-state index is 14.5. The van der Waals surface area contributed by atoms with Gasteiger partial charge in [-0.2, -0.15) is 5.10 Å². The summed E-state index contributed by atoms with van der Waals surface area (Å²) in [6.45, 7) is 5.91. The van der Waals surface area contributed by atoms with Gasteiger partial charge in [-0.15, -0.1) is 0 Å². The zero-order valence-electron chi connectivity index (χ0n) is 22.1. The Bertz CT molecular complexity index is 1330. The predicted octanol–water partition coefficient (Wildman–Crippen LogP) is 4.64. The van der Waals surface area contributed by atoms with E-state index in [1.165, 1.54) is 0 Å². The Balaban J connectivity index is 1.80. The lowest BCUT2D eigenvalue weighted by atomic mass is 9.92. The second-order valence-corrected chi connectivity index (χ2v) is 9.52. The number of alkyl halides is 2. The highest BCUT2D eigenvalue weighted by atomic mass is 19.3. The Morgan fingerprint density at radius 2 is 2.08 bits per heavy atom. The van der Waals surface area contributed by atoms with Crippen molar-refractivity contribution in [2.75, 3.05) is 45.7 Å². The Labute approximate surface area is 222 Å². The van der Waals surface area contributed by atoms with Gasteiger partial charge in [0.25, 0.3) is 6.43 Å². The Kier molecular flexibility index (Phi) is 8.68. The first-order valence-electron chi connectivity index (χ1n) is 12.7. The summed E-state index contributed by atoms with van der Waals surface area (Å²) < 4.78 is 30.7. The van der Waals surface area contributed by atoms with Crippen LogP contribution in [0, 0.1) is 0 Å². The number of likely N-dealkylation sites (N-methyl/N-ethyl adjacent to an activating group) is 2. The maximum atomic E-state index is 14.5. The lowest BCUT2D eigenvalue weighted by Gasteiger charge is -2.34. The molecule has 0 fully saturated rings. The molecule has 1 amide bonds. The minimum absolute atomic E-state index is 0.0505. The van der Waals surface area contributed by atoms with E-state index >= 15 is 0 Å². The molecule has 0 bridgehead atoms. The van der Waals surface area contributed by atoms with Crippen molar-refractivity contribution in [1.82, 2.24) is 20.0 Å². The van der Waals surface area contributed by atoms with Crippen LogP contribution in [0.15, 0.2) is 60.4 Å². The SMILES string of the molecule is C=Cc1ccccc1/C(=N\CC(=O)NC)N1CCCc2cc(-c3cnn(CCN(C)C)c3)c(C(F)F)cc21. The number of nitrogens with zero attached hydrogens (tertiary/aromatic N) is 5. The summed E-state index contributed by atoms with van der Waals surface area (Å²) >= 11 is 0. The van der Waals surface area contributed by atoms with Gasteiger partial charge in [0, 0.05) is 48.7 Å². The average Bonchev–Trinajstić information content (AvgIpc) is 3.40. The van der Waals surface area contributed by atoms with Crippen LogP contribution in [-0.2, 0) is 17.8 Å². The smallest absolute Gasteiger partial charge is 0.264 e. The summed E-state index contributed by atoms with van der Waals surface area (Å²) in [6, 6.07) is 11.1. The van der Waals surface area contributed by atoms with Gasteiger partial charge in [-0.05, 0) is 55.8 Å². The fraction of sp³-hybridized carbons (Fsp3) is 0.345. The van der Waals surface area contributed by atoms with Crippen molar-refractivity contribution in [3.8, 4) is 11.1 Å². The van der Waals surface area contributed by atoms with Crippen LogP contribution in [0.1, 0.15) is 35.1 Å². The van der Waals surface area contributed by atoms with Crippen molar-refractivity contribution in [3.63, 3.8) is 0 Å². The van der Waals surface area contributed by atoms with Crippen LogP contribution in [0.4, 0.5) is 14.5 Å². The summed E-state index contributed by atoms with van der Waals surface area (Å²) in [5.74, 6) is 0.334. The first-order valence-corrected chi connectivity index (χ1v) is 12.7. The Hall–Kier alpha value is -3.85. The summed E-state index contributed by atoms with van der Waals surface area (Å²) in [4.78, 5) is 20.8. The number of anilines is 1. The predicted molar refractivity (Wildman–Crippen MR) is 149 cm³/mol. The minimum atomic E-state index is -2.67. The third kappa shape index (κ3) is 5.99. The lowest BCUT2D eigenvalue weighted by Crippen LogP contribution is -2.37. The molecule has 0 aliphatic carbocycles. The van der Waals surface area contributed by atoms with E-state index in [4.69, 9.17) is 0 Å². The maximum Gasteiger partial charge on any atom is 0.264 e. The molecular formula is C29H34F2N6O. The molecule has 0 saturated heterocycles. The van der Waals surface area contributed by atoms with Crippen LogP contribution in [0.2, 0.25) is 0 Å². The van der Waals surface area contributed by atoms with Crippen molar-refractivity contribution >= 4 is 23.5 Å². The molecule has 4 rings (SSSR count). The minimum Gasteiger partial charge on any atom is -0.358 e.